The van der Waals surface area contributed by atoms with Crippen molar-refractivity contribution in [1.29, 1.82) is 0 Å². The first-order valence-corrected chi connectivity index (χ1v) is 14.8. The van der Waals surface area contributed by atoms with Crippen molar-refractivity contribution >= 4 is 20.0 Å². The van der Waals surface area contributed by atoms with E-state index in [0.29, 0.717) is 51.7 Å². The Kier molecular flexibility index (Phi) is 6.79. The van der Waals surface area contributed by atoms with Crippen LogP contribution in [0.15, 0.2) is 52.3 Å². The third kappa shape index (κ3) is 5.05. The van der Waals surface area contributed by atoms with Gasteiger partial charge in [-0.15, -0.1) is 0 Å². The van der Waals surface area contributed by atoms with Gasteiger partial charge < -0.3 is 9.47 Å². The first-order valence-electron chi connectivity index (χ1n) is 11.9. The second-order valence-corrected chi connectivity index (χ2v) is 13.3. The average molecular weight is 522 g/mol. The Hall–Kier alpha value is -2.18. The maximum Gasteiger partial charge on any atom is 0.243 e. The van der Waals surface area contributed by atoms with Crippen LogP contribution < -0.4 is 9.47 Å². The number of benzene rings is 2. The van der Waals surface area contributed by atoms with Gasteiger partial charge in [0.1, 0.15) is 0 Å². The van der Waals surface area contributed by atoms with Gasteiger partial charge in [-0.3, -0.25) is 4.90 Å². The fraction of sp³-hybridized carbons (Fsp3) is 0.500. The van der Waals surface area contributed by atoms with E-state index in [1.54, 1.807) is 0 Å². The van der Waals surface area contributed by atoms with Crippen LogP contribution in [-0.4, -0.2) is 76.4 Å². The number of piperidine rings is 1. The van der Waals surface area contributed by atoms with Crippen LogP contribution in [0.4, 0.5) is 0 Å². The van der Waals surface area contributed by atoms with Crippen molar-refractivity contribution in [3.05, 3.63) is 48.0 Å². The molecule has 3 heterocycles. The third-order valence-electron chi connectivity index (χ3n) is 7.02. The van der Waals surface area contributed by atoms with Gasteiger partial charge in [0.15, 0.2) is 11.5 Å². The van der Waals surface area contributed by atoms with Gasteiger partial charge in [-0.1, -0.05) is 13.0 Å². The molecule has 35 heavy (non-hydrogen) atoms. The van der Waals surface area contributed by atoms with Crippen LogP contribution in [0.1, 0.15) is 25.3 Å². The van der Waals surface area contributed by atoms with Crippen LogP contribution in [0.25, 0.3) is 0 Å². The van der Waals surface area contributed by atoms with E-state index in [2.05, 4.69) is 11.8 Å². The van der Waals surface area contributed by atoms with Gasteiger partial charge in [-0.25, -0.2) is 16.8 Å². The second-order valence-electron chi connectivity index (χ2n) is 9.43. The molecule has 0 radical (unpaired) electrons. The Morgan fingerprint density at radius 3 is 1.89 bits per heavy atom. The molecule has 0 spiro atoms. The first kappa shape index (κ1) is 24.5. The number of rotatable bonds is 6. The highest BCUT2D eigenvalue weighted by atomic mass is 32.2. The minimum atomic E-state index is -3.70. The zero-order chi connectivity index (χ0) is 24.6. The Labute approximate surface area is 207 Å². The van der Waals surface area contributed by atoms with Crippen molar-refractivity contribution in [1.82, 2.24) is 13.5 Å². The lowest BCUT2D eigenvalue weighted by atomic mass is 10.0. The lowest BCUT2D eigenvalue weighted by Crippen LogP contribution is -2.48. The first-order chi connectivity index (χ1) is 16.7. The lowest BCUT2D eigenvalue weighted by molar-refractivity contribution is 0.173. The van der Waals surface area contributed by atoms with E-state index in [9.17, 15) is 16.8 Å². The maximum absolute atomic E-state index is 13.2. The SMILES string of the molecule is CC1CCN(S(=O)(=O)c2ccc(S(=O)(=O)N3CCN(Cc4ccc5c(c4)OCO5)CC3)cc2)CC1. The van der Waals surface area contributed by atoms with Gasteiger partial charge in [-0.2, -0.15) is 8.61 Å². The fourth-order valence-electron chi connectivity index (χ4n) is 4.73. The Morgan fingerprint density at radius 1 is 0.743 bits per heavy atom. The van der Waals surface area contributed by atoms with Gasteiger partial charge in [0.2, 0.25) is 26.8 Å². The van der Waals surface area contributed by atoms with Crippen LogP contribution in [-0.2, 0) is 26.6 Å². The minimum Gasteiger partial charge on any atom is -0.454 e. The third-order valence-corrected chi connectivity index (χ3v) is 10.8. The molecule has 0 unspecified atom stereocenters. The molecule has 2 aromatic carbocycles. The fourth-order valence-corrected chi connectivity index (χ4v) is 7.62. The molecular formula is C24H31N3O6S2. The average Bonchev–Trinajstić information content (AvgIpc) is 3.33. The van der Waals surface area contributed by atoms with Gasteiger partial charge in [-0.05, 0) is 60.7 Å². The summed E-state index contributed by atoms with van der Waals surface area (Å²) < 4.78 is 66.1. The molecule has 5 rings (SSSR count). The minimum absolute atomic E-state index is 0.118. The summed E-state index contributed by atoms with van der Waals surface area (Å²) in [7, 11) is -7.31. The van der Waals surface area contributed by atoms with Crippen molar-refractivity contribution in [2.24, 2.45) is 5.92 Å². The summed E-state index contributed by atoms with van der Waals surface area (Å²) in [6.07, 6.45) is 1.68. The van der Waals surface area contributed by atoms with Crippen LogP contribution in [0.2, 0.25) is 0 Å². The van der Waals surface area contributed by atoms with E-state index >= 15 is 0 Å². The number of nitrogens with zero attached hydrogens (tertiary/aromatic N) is 3. The smallest absolute Gasteiger partial charge is 0.243 e. The molecule has 9 nitrogen and oxygen atoms in total. The molecule has 0 atom stereocenters. The van der Waals surface area contributed by atoms with Crippen molar-refractivity contribution in [2.75, 3.05) is 46.1 Å². The molecule has 2 saturated heterocycles. The molecule has 0 N–H and O–H groups in total. The van der Waals surface area contributed by atoms with E-state index in [4.69, 9.17) is 9.47 Å². The van der Waals surface area contributed by atoms with E-state index in [1.807, 2.05) is 18.2 Å². The summed E-state index contributed by atoms with van der Waals surface area (Å²) in [6.45, 7) is 6.02. The molecule has 190 valence electrons. The van der Waals surface area contributed by atoms with Gasteiger partial charge in [0.05, 0.1) is 9.79 Å². The molecular weight excluding hydrogens is 490 g/mol. The van der Waals surface area contributed by atoms with Crippen LogP contribution in [0.3, 0.4) is 0 Å². The highest BCUT2D eigenvalue weighted by Crippen LogP contribution is 2.33. The molecule has 0 amide bonds. The summed E-state index contributed by atoms with van der Waals surface area (Å²) in [5, 5.41) is 0. The maximum atomic E-state index is 13.2. The van der Waals surface area contributed by atoms with E-state index in [0.717, 1.165) is 29.9 Å². The Bertz CT molecular complexity index is 1260. The zero-order valence-corrected chi connectivity index (χ0v) is 21.4. The van der Waals surface area contributed by atoms with E-state index < -0.39 is 20.0 Å². The molecule has 0 aliphatic carbocycles. The molecule has 2 aromatic rings. The molecule has 0 saturated carbocycles. The van der Waals surface area contributed by atoms with Crippen molar-refractivity contribution in [2.45, 2.75) is 36.1 Å². The summed E-state index contributed by atoms with van der Waals surface area (Å²) >= 11 is 0. The lowest BCUT2D eigenvalue weighted by Gasteiger charge is -2.34. The second kappa shape index (κ2) is 9.70. The van der Waals surface area contributed by atoms with Crippen LogP contribution in [0.5, 0.6) is 11.5 Å². The molecule has 3 aliphatic rings. The van der Waals surface area contributed by atoms with Gasteiger partial charge in [0.25, 0.3) is 0 Å². The molecule has 0 bridgehead atoms. The van der Waals surface area contributed by atoms with Gasteiger partial charge >= 0.3 is 0 Å². The van der Waals surface area contributed by atoms with E-state index in [1.165, 1.54) is 32.9 Å². The highest BCUT2D eigenvalue weighted by Gasteiger charge is 2.31. The summed E-state index contributed by atoms with van der Waals surface area (Å²) in [5.41, 5.74) is 1.09. The number of sulfonamides is 2. The summed E-state index contributed by atoms with van der Waals surface area (Å²) in [6, 6.07) is 11.5. The van der Waals surface area contributed by atoms with Crippen molar-refractivity contribution < 1.29 is 26.3 Å². The monoisotopic (exact) mass is 521 g/mol. The number of piperazine rings is 1. The predicted molar refractivity (Wildman–Crippen MR) is 130 cm³/mol. The van der Waals surface area contributed by atoms with Crippen LogP contribution >= 0.6 is 0 Å². The van der Waals surface area contributed by atoms with Crippen LogP contribution in [0, 0.1) is 5.92 Å². The number of hydrogen-bond donors (Lipinski definition) is 0. The van der Waals surface area contributed by atoms with E-state index in [-0.39, 0.29) is 16.6 Å². The zero-order valence-electron chi connectivity index (χ0n) is 19.8. The summed E-state index contributed by atoms with van der Waals surface area (Å²) in [4.78, 5) is 2.46. The number of hydrogen-bond acceptors (Lipinski definition) is 7. The van der Waals surface area contributed by atoms with Crippen molar-refractivity contribution in [3.8, 4) is 11.5 Å². The summed E-state index contributed by atoms with van der Waals surface area (Å²) in [5.74, 6) is 2.00. The Balaban J connectivity index is 1.21. The molecule has 0 aromatic heterocycles. The molecule has 11 heteroatoms. The predicted octanol–water partition coefficient (Wildman–Crippen LogP) is 2.34. The normalized spacial score (nSPS) is 20.8. The highest BCUT2D eigenvalue weighted by molar-refractivity contribution is 7.89. The number of ether oxygens (including phenoxy) is 2. The van der Waals surface area contributed by atoms with Gasteiger partial charge in [0, 0.05) is 45.8 Å². The largest absolute Gasteiger partial charge is 0.454 e. The molecule has 3 aliphatic heterocycles. The quantitative estimate of drug-likeness (QED) is 0.576. The topological polar surface area (TPSA) is 96.5 Å². The number of fused-ring (bicyclic) bond motifs is 1. The standard InChI is InChI=1S/C24H31N3O6S2/c1-19-8-10-26(11-9-19)34(28,29)21-3-5-22(6-4-21)35(30,31)27-14-12-25(13-15-27)17-20-2-7-23-24(16-20)33-18-32-23/h2-7,16,19H,8-15,17-18H2,1H3. The Morgan fingerprint density at radius 2 is 1.29 bits per heavy atom. The molecule has 2 fully saturated rings. The van der Waals surface area contributed by atoms with Crippen molar-refractivity contribution in [3.63, 3.8) is 0 Å².